The molecule has 0 heterocycles. The highest BCUT2D eigenvalue weighted by atomic mass is 14.1. The molecule has 0 aromatic heterocycles. The summed E-state index contributed by atoms with van der Waals surface area (Å²) in [5.41, 5.74) is 0. The zero-order valence-electron chi connectivity index (χ0n) is 7.44. The molecule has 0 aliphatic heterocycles. The van der Waals surface area contributed by atoms with Gasteiger partial charge >= 0.3 is 0 Å². The van der Waals surface area contributed by atoms with Crippen molar-refractivity contribution in [3.05, 3.63) is 0 Å². The molecule has 9 heavy (non-hydrogen) atoms. The van der Waals surface area contributed by atoms with Gasteiger partial charge in [-0.05, 0) is 5.92 Å². The Bertz CT molecular complexity index is 67.0. The fraction of sp³-hybridized carbons (Fsp3) is 1.00. The SMILES string of the molecule is BC(CC(C)C)C(C)C. The Morgan fingerprint density at radius 3 is 1.67 bits per heavy atom. The van der Waals surface area contributed by atoms with E-state index in [0.717, 1.165) is 17.7 Å². The molecule has 0 saturated heterocycles. The smallest absolute Gasteiger partial charge is 0.0672 e. The molecule has 0 aliphatic carbocycles. The molecule has 0 aliphatic rings. The quantitative estimate of drug-likeness (QED) is 0.508. The van der Waals surface area contributed by atoms with Crippen LogP contribution in [0.5, 0.6) is 0 Å². The van der Waals surface area contributed by atoms with Gasteiger partial charge in [-0.3, -0.25) is 0 Å². The zero-order chi connectivity index (χ0) is 7.44. The van der Waals surface area contributed by atoms with Crippen molar-refractivity contribution in [1.29, 1.82) is 0 Å². The largest absolute Gasteiger partial charge is 0.105 e. The Labute approximate surface area is 60.4 Å². The fourth-order valence-corrected chi connectivity index (χ4v) is 1.02. The van der Waals surface area contributed by atoms with Crippen LogP contribution >= 0.6 is 0 Å². The molecule has 0 fully saturated rings. The lowest BCUT2D eigenvalue weighted by Gasteiger charge is -2.16. The summed E-state index contributed by atoms with van der Waals surface area (Å²) < 4.78 is 0. The van der Waals surface area contributed by atoms with Crippen molar-refractivity contribution in [2.24, 2.45) is 11.8 Å². The van der Waals surface area contributed by atoms with E-state index in [4.69, 9.17) is 0 Å². The molecule has 0 aromatic carbocycles. The van der Waals surface area contributed by atoms with Crippen LogP contribution in [0.1, 0.15) is 34.1 Å². The fourth-order valence-electron chi connectivity index (χ4n) is 1.02. The Hall–Kier alpha value is 0.0649. The average molecular weight is 126 g/mol. The maximum atomic E-state index is 2.34. The Balaban J connectivity index is 3.38. The first kappa shape index (κ1) is 9.06. The van der Waals surface area contributed by atoms with Crippen LogP contribution in [0.2, 0.25) is 5.82 Å². The number of rotatable bonds is 3. The molecule has 0 nitrogen and oxygen atoms in total. The van der Waals surface area contributed by atoms with Gasteiger partial charge in [-0.25, -0.2) is 0 Å². The first-order valence-electron chi connectivity index (χ1n) is 4.04. The topological polar surface area (TPSA) is 0 Å². The van der Waals surface area contributed by atoms with Crippen molar-refractivity contribution >= 4 is 7.85 Å². The van der Waals surface area contributed by atoms with Crippen molar-refractivity contribution in [1.82, 2.24) is 0 Å². The third kappa shape index (κ3) is 4.56. The zero-order valence-corrected chi connectivity index (χ0v) is 7.44. The summed E-state index contributed by atoms with van der Waals surface area (Å²) in [6.45, 7) is 9.18. The second-order valence-electron chi connectivity index (χ2n) is 3.85. The van der Waals surface area contributed by atoms with Crippen molar-refractivity contribution in [3.8, 4) is 0 Å². The normalized spacial score (nSPS) is 14.9. The molecule has 0 radical (unpaired) electrons. The van der Waals surface area contributed by atoms with Crippen molar-refractivity contribution < 1.29 is 0 Å². The minimum atomic E-state index is 0.854. The molecule has 1 atom stereocenters. The first-order valence-corrected chi connectivity index (χ1v) is 4.04. The lowest BCUT2D eigenvalue weighted by Crippen LogP contribution is -2.04. The van der Waals surface area contributed by atoms with Gasteiger partial charge in [0.15, 0.2) is 0 Å². The van der Waals surface area contributed by atoms with Crippen LogP contribution in [0.4, 0.5) is 0 Å². The maximum Gasteiger partial charge on any atom is 0.105 e. The molecule has 0 bridgehead atoms. The van der Waals surface area contributed by atoms with Gasteiger partial charge in [0.2, 0.25) is 0 Å². The molecule has 0 rings (SSSR count). The molecular formula is C8H19B. The minimum Gasteiger partial charge on any atom is -0.0672 e. The van der Waals surface area contributed by atoms with Gasteiger partial charge in [-0.15, -0.1) is 0 Å². The van der Waals surface area contributed by atoms with E-state index in [9.17, 15) is 0 Å². The summed E-state index contributed by atoms with van der Waals surface area (Å²) >= 11 is 0. The number of hydrogen-bond acceptors (Lipinski definition) is 0. The van der Waals surface area contributed by atoms with Crippen LogP contribution in [-0.2, 0) is 0 Å². The summed E-state index contributed by atoms with van der Waals surface area (Å²) in [6.07, 6.45) is 1.37. The van der Waals surface area contributed by atoms with Crippen LogP contribution in [0.15, 0.2) is 0 Å². The Morgan fingerprint density at radius 2 is 1.56 bits per heavy atom. The minimum absolute atomic E-state index is 0.854. The van der Waals surface area contributed by atoms with E-state index >= 15 is 0 Å². The van der Waals surface area contributed by atoms with Crippen LogP contribution in [0.25, 0.3) is 0 Å². The van der Waals surface area contributed by atoms with Gasteiger partial charge in [0.25, 0.3) is 0 Å². The maximum absolute atomic E-state index is 2.34. The van der Waals surface area contributed by atoms with E-state index in [1.54, 1.807) is 0 Å². The highest BCUT2D eigenvalue weighted by molar-refractivity contribution is 6.11. The summed E-state index contributed by atoms with van der Waals surface area (Å²) in [5, 5.41) is 0. The predicted octanol–water partition coefficient (Wildman–Crippen LogP) is 2.11. The van der Waals surface area contributed by atoms with E-state index in [2.05, 4.69) is 35.5 Å². The molecule has 1 heteroatoms. The molecule has 0 N–H and O–H groups in total. The van der Waals surface area contributed by atoms with Gasteiger partial charge < -0.3 is 0 Å². The van der Waals surface area contributed by atoms with Crippen molar-refractivity contribution in [3.63, 3.8) is 0 Å². The average Bonchev–Trinajstić information content (AvgIpc) is 1.63. The molecular weight excluding hydrogens is 107 g/mol. The number of hydrogen-bond donors (Lipinski definition) is 0. The third-order valence-corrected chi connectivity index (χ3v) is 1.98. The third-order valence-electron chi connectivity index (χ3n) is 1.98. The van der Waals surface area contributed by atoms with Crippen LogP contribution < -0.4 is 0 Å². The van der Waals surface area contributed by atoms with Crippen LogP contribution in [0, 0.1) is 11.8 Å². The summed E-state index contributed by atoms with van der Waals surface area (Å²) in [4.78, 5) is 0. The monoisotopic (exact) mass is 126 g/mol. The molecule has 1 unspecified atom stereocenters. The van der Waals surface area contributed by atoms with Gasteiger partial charge in [0.1, 0.15) is 7.85 Å². The van der Waals surface area contributed by atoms with Gasteiger partial charge in [-0.2, -0.15) is 0 Å². The molecule has 0 saturated carbocycles. The second-order valence-corrected chi connectivity index (χ2v) is 3.85. The van der Waals surface area contributed by atoms with Crippen LogP contribution in [0.3, 0.4) is 0 Å². The van der Waals surface area contributed by atoms with Crippen LogP contribution in [-0.4, -0.2) is 7.85 Å². The molecule has 54 valence electrons. The lowest BCUT2D eigenvalue weighted by molar-refractivity contribution is 0.476. The first-order chi connectivity index (χ1) is 4.04. The van der Waals surface area contributed by atoms with Crippen molar-refractivity contribution in [2.45, 2.75) is 39.9 Å². The van der Waals surface area contributed by atoms with Gasteiger partial charge in [-0.1, -0.05) is 45.9 Å². The molecule has 0 aromatic rings. The summed E-state index contributed by atoms with van der Waals surface area (Å²) in [5.74, 6) is 2.61. The van der Waals surface area contributed by atoms with Gasteiger partial charge in [0.05, 0.1) is 0 Å². The van der Waals surface area contributed by atoms with Gasteiger partial charge in [0, 0.05) is 0 Å². The molecule has 0 spiro atoms. The van der Waals surface area contributed by atoms with E-state index in [-0.39, 0.29) is 0 Å². The van der Waals surface area contributed by atoms with E-state index < -0.39 is 0 Å². The predicted molar refractivity (Wildman–Crippen MR) is 46.6 cm³/mol. The van der Waals surface area contributed by atoms with Crippen molar-refractivity contribution in [2.75, 3.05) is 0 Å². The Morgan fingerprint density at radius 1 is 1.11 bits per heavy atom. The van der Waals surface area contributed by atoms with E-state index in [1.165, 1.54) is 6.42 Å². The van der Waals surface area contributed by atoms with E-state index in [0.29, 0.717) is 0 Å². The standard InChI is InChI=1S/C8H19B/c1-6(2)5-8(9)7(3)4/h6-8H,5,9H2,1-4H3. The highest BCUT2D eigenvalue weighted by Crippen LogP contribution is 2.21. The second kappa shape index (κ2) is 3.97. The summed E-state index contributed by atoms with van der Waals surface area (Å²) in [7, 11) is 2.34. The Kier molecular flexibility index (Phi) is 4.00. The lowest BCUT2D eigenvalue weighted by atomic mass is 9.73. The molecule has 0 amide bonds. The van der Waals surface area contributed by atoms with E-state index in [1.807, 2.05) is 0 Å². The summed E-state index contributed by atoms with van der Waals surface area (Å²) in [6, 6.07) is 0. The highest BCUT2D eigenvalue weighted by Gasteiger charge is 2.07.